The SMILES string of the molecule is ClP1(Cl)=N[P@@]2(Cl)=N[P@@]34=[N+](CCCN3Cc3ccccc3O[P@](Cl)(=N4)N1)Cc1ccccc1O2. The van der Waals surface area contributed by atoms with E-state index >= 15 is 0 Å². The minimum atomic E-state index is -3.37. The van der Waals surface area contributed by atoms with Crippen molar-refractivity contribution in [3.05, 3.63) is 59.7 Å². The van der Waals surface area contributed by atoms with Crippen LogP contribution in [0.15, 0.2) is 62.1 Å². The van der Waals surface area contributed by atoms with Crippen molar-refractivity contribution in [2.45, 2.75) is 19.5 Å². The van der Waals surface area contributed by atoms with Crippen molar-refractivity contribution in [3.8, 4) is 11.5 Å². The number of hydrogen-bond acceptors (Lipinski definition) is 7. The van der Waals surface area contributed by atoms with E-state index in [-0.39, 0.29) is 0 Å². The van der Waals surface area contributed by atoms with Gasteiger partial charge in [-0.05, 0) is 63.2 Å². The average Bonchev–Trinajstić information content (AvgIpc) is 2.69. The third kappa shape index (κ3) is 4.30. The molecule has 0 unspecified atom stereocenters. The molecule has 3 atom stereocenters. The molecule has 2 aromatic rings. The van der Waals surface area contributed by atoms with E-state index in [1.54, 1.807) is 0 Å². The summed E-state index contributed by atoms with van der Waals surface area (Å²) in [5.41, 5.74) is 1.97. The van der Waals surface area contributed by atoms with E-state index in [1.807, 2.05) is 48.5 Å². The highest BCUT2D eigenvalue weighted by Crippen LogP contribution is 2.83. The fraction of sp³-hybridized carbons (Fsp3) is 0.294. The number of nitrogens with zero attached hydrogens (tertiary/aromatic N) is 5. The molecule has 0 aliphatic carbocycles. The number of benzene rings is 2. The molecule has 0 saturated carbocycles. The first kappa shape index (κ1) is 23.4. The molecule has 0 saturated heterocycles. The van der Waals surface area contributed by atoms with Crippen molar-refractivity contribution >= 4 is 71.9 Å². The minimum absolute atomic E-state index is 0.588. The third-order valence-electron chi connectivity index (χ3n) is 5.61. The Labute approximate surface area is 211 Å². The van der Waals surface area contributed by atoms with Gasteiger partial charge < -0.3 is 9.05 Å². The lowest BCUT2D eigenvalue weighted by Crippen LogP contribution is -2.33. The number of nitrogens with one attached hydrogen (secondary N) is 1. The predicted octanol–water partition coefficient (Wildman–Crippen LogP) is 9.23. The van der Waals surface area contributed by atoms with Gasteiger partial charge in [0.15, 0.2) is 6.54 Å². The monoisotopic (exact) mass is 603 g/mol. The fourth-order valence-electron chi connectivity index (χ4n) is 4.29. The topological polar surface area (TPSA) is 73.8 Å². The Hall–Kier alpha value is 0.0400. The summed E-state index contributed by atoms with van der Waals surface area (Å²) in [6, 6.07) is 15.5. The van der Waals surface area contributed by atoms with E-state index < -0.39 is 27.0 Å². The minimum Gasteiger partial charge on any atom is -0.435 e. The van der Waals surface area contributed by atoms with Crippen molar-refractivity contribution in [2.24, 2.45) is 13.5 Å². The molecule has 16 heteroatoms. The molecule has 33 heavy (non-hydrogen) atoms. The van der Waals surface area contributed by atoms with Crippen LogP contribution in [0.4, 0.5) is 0 Å². The molecule has 0 amide bonds. The van der Waals surface area contributed by atoms with Crippen molar-refractivity contribution in [1.82, 2.24) is 9.53 Å². The second-order valence-electron chi connectivity index (χ2n) is 7.89. The Bertz CT molecular complexity index is 1410. The second kappa shape index (κ2) is 8.29. The summed E-state index contributed by atoms with van der Waals surface area (Å²) in [5, 5.41) is 0. The van der Waals surface area contributed by atoms with E-state index in [1.165, 1.54) is 0 Å². The van der Waals surface area contributed by atoms with Crippen LogP contribution in [0.25, 0.3) is 0 Å². The molecule has 0 radical (unpaired) electrons. The standard InChI is InChI=1S/C17H19Cl4N6O2P4/c18-30(19)22-31(20)24-33-25-32(21,23-30)29-17-9-4-2-7-15(17)13-27(33)11-5-10-26(33)12-14-6-1-3-8-16(14)28-31/h1-4,6-9,22H,5,10-13H2/q+1/t31-,32-,33+/m0/s1. The average molecular weight is 605 g/mol. The van der Waals surface area contributed by atoms with E-state index in [0.29, 0.717) is 24.6 Å². The van der Waals surface area contributed by atoms with Crippen LogP contribution in [0, 0.1) is 0 Å². The first-order valence-electron chi connectivity index (χ1n) is 10.1. The number of hydrogen-bond donors (Lipinski definition) is 1. The van der Waals surface area contributed by atoms with Gasteiger partial charge in [0, 0.05) is 25.1 Å². The number of rotatable bonds is 0. The molecule has 2 aromatic carbocycles. The fourth-order valence-corrected chi connectivity index (χ4v) is 24.9. The van der Waals surface area contributed by atoms with Crippen LogP contribution in [0.2, 0.25) is 0 Å². The van der Waals surface area contributed by atoms with E-state index in [4.69, 9.17) is 63.0 Å². The second-order valence-corrected chi connectivity index (χ2v) is 22.5. The first-order valence-corrected chi connectivity index (χ1v) is 20.4. The molecule has 0 fully saturated rings. The highest BCUT2D eigenvalue weighted by Gasteiger charge is 2.51. The van der Waals surface area contributed by atoms with Gasteiger partial charge in [-0.15, -0.1) is 9.03 Å². The molecular formula is C17H19Cl4N6O2P4+. The molecule has 1 N–H and O–H groups in total. The number of halogens is 4. The van der Waals surface area contributed by atoms with Crippen molar-refractivity contribution in [2.75, 3.05) is 13.1 Å². The number of fused-ring (bicyclic) bond motifs is 2. The quantitative estimate of drug-likeness (QED) is 0.304. The van der Waals surface area contributed by atoms with Gasteiger partial charge in [-0.1, -0.05) is 30.3 Å². The van der Waals surface area contributed by atoms with Crippen molar-refractivity contribution in [3.63, 3.8) is 0 Å². The molecule has 4 aliphatic rings. The summed E-state index contributed by atoms with van der Waals surface area (Å²) < 4.78 is 32.1. The smallest absolute Gasteiger partial charge is 0.409 e. The Kier molecular flexibility index (Phi) is 5.88. The van der Waals surface area contributed by atoms with Crippen LogP contribution < -0.4 is 13.9 Å². The van der Waals surface area contributed by atoms with Crippen LogP contribution in [-0.2, 0) is 13.1 Å². The van der Waals surface area contributed by atoms with Gasteiger partial charge in [0.1, 0.15) is 18.0 Å². The summed E-state index contributed by atoms with van der Waals surface area (Å²) in [5.74, 6) is -2.03. The van der Waals surface area contributed by atoms with Gasteiger partial charge >= 0.3 is 21.1 Å². The summed E-state index contributed by atoms with van der Waals surface area (Å²) >= 11 is 27.5. The highest BCUT2D eigenvalue weighted by molar-refractivity contribution is 8.17. The lowest BCUT2D eigenvalue weighted by molar-refractivity contribution is -0.533. The number of para-hydroxylation sites is 2. The predicted molar refractivity (Wildman–Crippen MR) is 140 cm³/mol. The third-order valence-corrected chi connectivity index (χ3v) is 21.6. The van der Waals surface area contributed by atoms with Gasteiger partial charge in [0.25, 0.3) is 0 Å². The molecular weight excluding hydrogens is 586 g/mol. The lowest BCUT2D eigenvalue weighted by Gasteiger charge is -2.38. The molecule has 1 spiro atoms. The molecule has 176 valence electrons. The molecule has 4 heterocycles. The first-order chi connectivity index (χ1) is 15.7. The Balaban J connectivity index is 1.75. The van der Waals surface area contributed by atoms with E-state index in [2.05, 4.69) is 18.4 Å². The normalized spacial score (nSPS) is 34.4. The maximum atomic E-state index is 7.12. The van der Waals surface area contributed by atoms with Gasteiger partial charge in [0.2, 0.25) is 5.91 Å². The van der Waals surface area contributed by atoms with Crippen molar-refractivity contribution < 1.29 is 13.4 Å². The van der Waals surface area contributed by atoms with Crippen LogP contribution in [0.3, 0.4) is 0 Å². The maximum absolute atomic E-state index is 7.12. The summed E-state index contributed by atoms with van der Waals surface area (Å²) in [7, 11) is -2.87. The summed E-state index contributed by atoms with van der Waals surface area (Å²) in [6.45, 7) is -3.90. The summed E-state index contributed by atoms with van der Waals surface area (Å²) in [6.07, 6.45) is 0.951. The van der Waals surface area contributed by atoms with E-state index in [0.717, 1.165) is 30.6 Å². The zero-order valence-corrected chi connectivity index (χ0v) is 23.6. The van der Waals surface area contributed by atoms with E-state index in [9.17, 15) is 0 Å². The molecule has 8 nitrogen and oxygen atoms in total. The zero-order chi connectivity index (χ0) is 22.9. The Morgan fingerprint density at radius 1 is 0.879 bits per heavy atom. The van der Waals surface area contributed by atoms with Crippen LogP contribution in [-0.4, -0.2) is 22.1 Å². The van der Waals surface area contributed by atoms with Crippen LogP contribution >= 0.6 is 71.9 Å². The molecule has 4 aliphatic heterocycles. The Morgan fingerprint density at radius 3 is 2.36 bits per heavy atom. The Morgan fingerprint density at radius 2 is 1.58 bits per heavy atom. The van der Waals surface area contributed by atoms with Crippen molar-refractivity contribution in [1.29, 1.82) is 0 Å². The van der Waals surface area contributed by atoms with Gasteiger partial charge in [0.05, 0.1) is 5.56 Å². The van der Waals surface area contributed by atoms with Crippen LogP contribution in [0.5, 0.6) is 11.5 Å². The van der Waals surface area contributed by atoms with Gasteiger partial charge in [-0.3, -0.25) is 0 Å². The summed E-state index contributed by atoms with van der Waals surface area (Å²) in [4.78, 5) is 3.06. The molecule has 6 rings (SSSR count). The van der Waals surface area contributed by atoms with Gasteiger partial charge in [-0.25, -0.2) is 4.33 Å². The molecule has 0 aromatic heterocycles. The lowest BCUT2D eigenvalue weighted by atomic mass is 10.2. The highest BCUT2D eigenvalue weighted by atomic mass is 35.9. The largest absolute Gasteiger partial charge is 0.435 e. The maximum Gasteiger partial charge on any atom is 0.409 e. The van der Waals surface area contributed by atoms with Crippen LogP contribution in [0.1, 0.15) is 17.5 Å². The van der Waals surface area contributed by atoms with Gasteiger partial charge in [-0.2, -0.15) is 14.0 Å². The molecule has 3 bridgehead atoms. The zero-order valence-electron chi connectivity index (χ0n) is 17.0.